The second-order valence-corrected chi connectivity index (χ2v) is 10.8. The number of aromatic nitrogens is 1. The lowest BCUT2D eigenvalue weighted by molar-refractivity contribution is 0.0601. The second-order valence-electron chi connectivity index (χ2n) is 8.53. The van der Waals surface area contributed by atoms with E-state index in [1.807, 2.05) is 30.3 Å². The molecule has 3 aromatic carbocycles. The Balaban J connectivity index is 1.86. The van der Waals surface area contributed by atoms with E-state index in [-0.39, 0.29) is 10.9 Å². The maximum absolute atomic E-state index is 13.3. The van der Waals surface area contributed by atoms with Gasteiger partial charge in [-0.15, -0.1) is 0 Å². The number of carbonyl (C=O) groups excluding carboxylic acids is 2. The number of esters is 1. The van der Waals surface area contributed by atoms with Crippen LogP contribution in [-0.4, -0.2) is 35.2 Å². The molecule has 0 radical (unpaired) electrons. The Kier molecular flexibility index (Phi) is 8.13. The van der Waals surface area contributed by atoms with Gasteiger partial charge in [-0.2, -0.15) is 0 Å². The van der Waals surface area contributed by atoms with E-state index in [0.29, 0.717) is 16.8 Å². The third kappa shape index (κ3) is 5.38. The Labute approximate surface area is 209 Å². The van der Waals surface area contributed by atoms with E-state index in [4.69, 9.17) is 9.47 Å². The Morgan fingerprint density at radius 2 is 1.46 bits per heavy atom. The van der Waals surface area contributed by atoms with Gasteiger partial charge in [-0.05, 0) is 55.3 Å². The van der Waals surface area contributed by atoms with E-state index >= 15 is 0 Å². The minimum atomic E-state index is -0.481. The highest BCUT2D eigenvalue weighted by molar-refractivity contribution is 7.96. The molecule has 5 nitrogen and oxygen atoms in total. The quantitative estimate of drug-likeness (QED) is 0.184. The summed E-state index contributed by atoms with van der Waals surface area (Å²) in [5.41, 5.74) is 1.92. The van der Waals surface area contributed by atoms with Crippen LogP contribution < -0.4 is 4.74 Å². The molecule has 0 aliphatic heterocycles. The number of hydrogen-bond donors (Lipinski definition) is 0. The molecule has 0 aliphatic carbocycles. The predicted molar refractivity (Wildman–Crippen MR) is 144 cm³/mol. The fourth-order valence-electron chi connectivity index (χ4n) is 4.23. The number of carbonyl (C=O) groups is 2. The zero-order valence-electron chi connectivity index (χ0n) is 20.6. The maximum Gasteiger partial charge on any atom is 0.424 e. The first-order valence-electron chi connectivity index (χ1n) is 12.2. The highest BCUT2D eigenvalue weighted by atomic mass is 32.2. The number of fused-ring (bicyclic) bond motifs is 3. The van der Waals surface area contributed by atoms with Gasteiger partial charge in [0.2, 0.25) is 0 Å². The summed E-state index contributed by atoms with van der Waals surface area (Å²) in [4.78, 5) is 26.9. The molecule has 0 saturated heterocycles. The van der Waals surface area contributed by atoms with Crippen LogP contribution in [0.3, 0.4) is 0 Å². The van der Waals surface area contributed by atoms with Crippen molar-refractivity contribution in [3.8, 4) is 5.75 Å². The summed E-state index contributed by atoms with van der Waals surface area (Å²) >= 11 is 0. The molecule has 35 heavy (non-hydrogen) atoms. The van der Waals surface area contributed by atoms with Gasteiger partial charge in [0.25, 0.3) is 0 Å². The summed E-state index contributed by atoms with van der Waals surface area (Å²) in [6, 6.07) is 20.7. The maximum atomic E-state index is 13.3. The van der Waals surface area contributed by atoms with E-state index in [1.54, 1.807) is 28.8 Å². The molecule has 0 unspecified atom stereocenters. The summed E-state index contributed by atoms with van der Waals surface area (Å²) in [6.07, 6.45) is 4.26. The Morgan fingerprint density at radius 3 is 2.09 bits per heavy atom. The molecule has 0 aliphatic rings. The highest BCUT2D eigenvalue weighted by Crippen LogP contribution is 2.33. The van der Waals surface area contributed by atoms with Crippen LogP contribution in [0.5, 0.6) is 5.75 Å². The minimum Gasteiger partial charge on any atom is -0.465 e. The summed E-state index contributed by atoms with van der Waals surface area (Å²) in [5.74, 6) is 2.42. The number of unbranched alkanes of at least 4 members (excludes halogenated alkanes) is 2. The van der Waals surface area contributed by atoms with Crippen LogP contribution in [0.15, 0.2) is 71.6 Å². The number of nitrogens with zero attached hydrogens (tertiary/aromatic N) is 1. The van der Waals surface area contributed by atoms with E-state index in [1.165, 1.54) is 49.2 Å². The van der Waals surface area contributed by atoms with Gasteiger partial charge in [0.1, 0.15) is 17.3 Å². The van der Waals surface area contributed by atoms with Crippen molar-refractivity contribution in [2.24, 2.45) is 0 Å². The van der Waals surface area contributed by atoms with Gasteiger partial charge in [0, 0.05) is 27.7 Å². The average molecular weight is 491 g/mol. The molecule has 1 aromatic heterocycles. The van der Waals surface area contributed by atoms with Crippen molar-refractivity contribution in [3.63, 3.8) is 0 Å². The molecule has 0 atom stereocenters. The lowest BCUT2D eigenvalue weighted by Gasteiger charge is -2.09. The number of ether oxygens (including phenoxy) is 2. The average Bonchev–Trinajstić information content (AvgIpc) is 3.22. The van der Waals surface area contributed by atoms with E-state index in [9.17, 15) is 9.59 Å². The van der Waals surface area contributed by atoms with E-state index in [0.717, 1.165) is 16.3 Å². The van der Waals surface area contributed by atoms with Crippen LogP contribution in [0.25, 0.3) is 21.8 Å². The van der Waals surface area contributed by atoms with Gasteiger partial charge < -0.3 is 9.47 Å². The Hall–Kier alpha value is -3.25. The van der Waals surface area contributed by atoms with Crippen molar-refractivity contribution in [1.29, 1.82) is 0 Å². The SMILES string of the molecule is CCCC[S+](CCCC)c1ccc2c(c1)c1cc(C(=O)OC)ccc1n2C(=O)Oc1ccccc1. The smallest absolute Gasteiger partial charge is 0.424 e. The van der Waals surface area contributed by atoms with Crippen LogP contribution in [0.2, 0.25) is 0 Å². The summed E-state index contributed by atoms with van der Waals surface area (Å²) in [5, 5.41) is 1.78. The first kappa shape index (κ1) is 24.9. The van der Waals surface area contributed by atoms with Crippen LogP contribution in [0, 0.1) is 0 Å². The Bertz CT molecular complexity index is 1320. The Morgan fingerprint density at radius 1 is 0.829 bits per heavy atom. The van der Waals surface area contributed by atoms with Crippen LogP contribution in [0.4, 0.5) is 4.79 Å². The summed E-state index contributed by atoms with van der Waals surface area (Å²) in [7, 11) is 1.52. The monoisotopic (exact) mass is 490 g/mol. The first-order valence-corrected chi connectivity index (χ1v) is 13.7. The van der Waals surface area contributed by atoms with E-state index in [2.05, 4.69) is 26.0 Å². The van der Waals surface area contributed by atoms with Crippen molar-refractivity contribution in [3.05, 3.63) is 72.3 Å². The third-order valence-corrected chi connectivity index (χ3v) is 8.59. The van der Waals surface area contributed by atoms with Crippen molar-refractivity contribution < 1.29 is 19.1 Å². The molecule has 6 heteroatoms. The fraction of sp³-hybridized carbons (Fsp3) is 0.310. The highest BCUT2D eigenvalue weighted by Gasteiger charge is 2.25. The molecule has 0 spiro atoms. The topological polar surface area (TPSA) is 57.5 Å². The van der Waals surface area contributed by atoms with Gasteiger partial charge >= 0.3 is 12.1 Å². The van der Waals surface area contributed by atoms with Crippen LogP contribution in [0.1, 0.15) is 49.9 Å². The molecular weight excluding hydrogens is 458 g/mol. The van der Waals surface area contributed by atoms with Crippen molar-refractivity contribution >= 4 is 44.8 Å². The molecule has 4 rings (SSSR count). The molecule has 4 aromatic rings. The molecule has 1 heterocycles. The normalized spacial score (nSPS) is 11.3. The number of methoxy groups -OCH3 is 1. The second kappa shape index (κ2) is 11.5. The van der Waals surface area contributed by atoms with Crippen molar-refractivity contribution in [1.82, 2.24) is 4.57 Å². The van der Waals surface area contributed by atoms with Crippen LogP contribution in [-0.2, 0) is 15.6 Å². The van der Waals surface area contributed by atoms with Crippen molar-refractivity contribution in [2.75, 3.05) is 18.6 Å². The largest absolute Gasteiger partial charge is 0.465 e. The number of rotatable bonds is 9. The lowest BCUT2D eigenvalue weighted by atomic mass is 10.1. The molecular formula is C29H32NO4S+. The standard InChI is InChI=1S/C29H32NO4S/c1-4-6-17-35(18-7-5-2)23-14-16-27-25(20-23)24-19-21(28(31)33-3)13-15-26(24)30(27)29(32)34-22-11-9-8-10-12-22/h8-16,19-20H,4-7,17-18H2,1-3H3/q+1. The molecule has 0 N–H and O–H groups in total. The zero-order chi connectivity index (χ0) is 24.8. The number of benzene rings is 3. The molecule has 0 bridgehead atoms. The first-order chi connectivity index (χ1) is 17.1. The van der Waals surface area contributed by atoms with Gasteiger partial charge in [-0.3, -0.25) is 0 Å². The predicted octanol–water partition coefficient (Wildman–Crippen LogP) is 7.21. The number of para-hydroxylation sites is 1. The minimum absolute atomic E-state index is 0.148. The fourth-order valence-corrected chi connectivity index (χ4v) is 6.73. The third-order valence-electron chi connectivity index (χ3n) is 6.11. The molecule has 0 saturated carbocycles. The zero-order valence-corrected chi connectivity index (χ0v) is 21.4. The number of hydrogen-bond acceptors (Lipinski definition) is 4. The van der Waals surface area contributed by atoms with Gasteiger partial charge in [-0.1, -0.05) is 44.9 Å². The lowest BCUT2D eigenvalue weighted by Crippen LogP contribution is -2.16. The molecule has 182 valence electrons. The van der Waals surface area contributed by atoms with Gasteiger partial charge in [0.15, 0.2) is 4.90 Å². The van der Waals surface area contributed by atoms with Crippen LogP contribution >= 0.6 is 0 Å². The summed E-state index contributed by atoms with van der Waals surface area (Å²) < 4.78 is 12.2. The van der Waals surface area contributed by atoms with Crippen molar-refractivity contribution in [2.45, 2.75) is 44.4 Å². The van der Waals surface area contributed by atoms with Gasteiger partial charge in [0.05, 0.1) is 23.7 Å². The van der Waals surface area contributed by atoms with Gasteiger partial charge in [-0.25, -0.2) is 14.2 Å². The summed E-state index contributed by atoms with van der Waals surface area (Å²) in [6.45, 7) is 4.45. The molecule has 0 amide bonds. The molecule has 0 fully saturated rings. The van der Waals surface area contributed by atoms with E-state index < -0.39 is 12.1 Å².